The highest BCUT2D eigenvalue weighted by Crippen LogP contribution is 2.42. The van der Waals surface area contributed by atoms with E-state index in [4.69, 9.17) is 21.1 Å². The second-order valence-electron chi connectivity index (χ2n) is 4.92. The number of aryl methyl sites for hydroxylation is 2. The number of rotatable bonds is 4. The van der Waals surface area contributed by atoms with Crippen LogP contribution in [-0.4, -0.2) is 14.2 Å². The molecule has 2 aromatic rings. The van der Waals surface area contributed by atoms with E-state index in [2.05, 4.69) is 6.07 Å². The molecule has 0 N–H and O–H groups in total. The van der Waals surface area contributed by atoms with Crippen LogP contribution in [0.1, 0.15) is 32.7 Å². The third kappa shape index (κ3) is 2.40. The summed E-state index contributed by atoms with van der Waals surface area (Å²) in [6, 6.07) is 8.01. The van der Waals surface area contributed by atoms with E-state index in [0.717, 1.165) is 17.1 Å². The lowest BCUT2D eigenvalue weighted by molar-refractivity contribution is 0.399. The normalized spacial score (nSPS) is 14.9. The minimum atomic E-state index is -0.185. The van der Waals surface area contributed by atoms with E-state index in [1.165, 1.54) is 34.6 Å². The number of fused-ring (bicyclic) bond motifs is 1. The first-order chi connectivity index (χ1) is 9.72. The molecule has 1 aliphatic carbocycles. The van der Waals surface area contributed by atoms with Gasteiger partial charge in [-0.2, -0.15) is 0 Å². The van der Waals surface area contributed by atoms with Gasteiger partial charge in [0, 0.05) is 15.3 Å². The fourth-order valence-corrected chi connectivity index (χ4v) is 4.29. The van der Waals surface area contributed by atoms with Crippen LogP contribution in [0, 0.1) is 0 Å². The van der Waals surface area contributed by atoms with Gasteiger partial charge in [0.05, 0.1) is 19.6 Å². The molecular weight excluding hydrogens is 292 g/mol. The molecule has 2 nitrogen and oxygen atoms in total. The van der Waals surface area contributed by atoms with Crippen LogP contribution in [0.5, 0.6) is 11.5 Å². The largest absolute Gasteiger partial charge is 0.497 e. The Bertz CT molecular complexity index is 599. The first kappa shape index (κ1) is 13.8. The van der Waals surface area contributed by atoms with Gasteiger partial charge in [-0.15, -0.1) is 22.9 Å². The number of methoxy groups -OCH3 is 2. The molecule has 4 heteroatoms. The van der Waals surface area contributed by atoms with Crippen molar-refractivity contribution < 1.29 is 9.47 Å². The molecule has 20 heavy (non-hydrogen) atoms. The summed E-state index contributed by atoms with van der Waals surface area (Å²) in [6.07, 6.45) is 3.65. The molecule has 0 saturated heterocycles. The maximum atomic E-state index is 6.69. The van der Waals surface area contributed by atoms with Gasteiger partial charge in [-0.3, -0.25) is 0 Å². The van der Waals surface area contributed by atoms with Gasteiger partial charge in [0.2, 0.25) is 0 Å². The average Bonchev–Trinajstić information content (AvgIpc) is 3.07. The summed E-state index contributed by atoms with van der Waals surface area (Å²) in [5.74, 6) is 1.61. The lowest BCUT2D eigenvalue weighted by Gasteiger charge is -2.14. The van der Waals surface area contributed by atoms with E-state index in [0.29, 0.717) is 0 Å². The van der Waals surface area contributed by atoms with Gasteiger partial charge in [-0.1, -0.05) is 0 Å². The zero-order valence-corrected chi connectivity index (χ0v) is 13.2. The van der Waals surface area contributed by atoms with Crippen LogP contribution in [0.2, 0.25) is 0 Å². The van der Waals surface area contributed by atoms with E-state index in [1.807, 2.05) is 29.5 Å². The zero-order chi connectivity index (χ0) is 14.1. The van der Waals surface area contributed by atoms with Crippen molar-refractivity contribution in [2.75, 3.05) is 14.2 Å². The second-order valence-corrected chi connectivity index (χ2v) is 6.53. The van der Waals surface area contributed by atoms with Gasteiger partial charge in [0.15, 0.2) is 0 Å². The Morgan fingerprint density at radius 3 is 2.70 bits per heavy atom. The highest BCUT2D eigenvalue weighted by molar-refractivity contribution is 7.12. The molecule has 1 unspecified atom stereocenters. The molecule has 1 atom stereocenters. The predicted molar refractivity (Wildman–Crippen MR) is 83.6 cm³/mol. The van der Waals surface area contributed by atoms with Crippen molar-refractivity contribution in [1.29, 1.82) is 0 Å². The van der Waals surface area contributed by atoms with Gasteiger partial charge in [-0.25, -0.2) is 0 Å². The number of ether oxygens (including phenoxy) is 2. The number of benzene rings is 1. The van der Waals surface area contributed by atoms with E-state index in [9.17, 15) is 0 Å². The number of thiophene rings is 1. The standard InChI is InChI=1S/C16H17ClO2S/c1-18-11-6-7-13(19-2)12(9-11)16(17)15-8-10-4-3-5-14(10)20-15/h6-9,16H,3-5H2,1-2H3. The molecule has 0 aliphatic heterocycles. The number of halogens is 1. The Hall–Kier alpha value is -1.19. The molecule has 106 valence electrons. The minimum absolute atomic E-state index is 0.185. The third-order valence-corrected chi connectivity index (χ3v) is 5.63. The monoisotopic (exact) mass is 308 g/mol. The van der Waals surface area contributed by atoms with Crippen molar-refractivity contribution in [2.24, 2.45) is 0 Å². The maximum absolute atomic E-state index is 6.69. The van der Waals surface area contributed by atoms with Crippen LogP contribution in [-0.2, 0) is 12.8 Å². The molecule has 0 spiro atoms. The van der Waals surface area contributed by atoms with Crippen molar-refractivity contribution in [3.05, 3.63) is 45.1 Å². The smallest absolute Gasteiger partial charge is 0.124 e. The molecule has 0 radical (unpaired) electrons. The summed E-state index contributed by atoms with van der Waals surface area (Å²) in [5, 5.41) is -0.185. The molecule has 1 aromatic carbocycles. The van der Waals surface area contributed by atoms with Crippen molar-refractivity contribution >= 4 is 22.9 Å². The Labute approximate surface area is 128 Å². The molecule has 1 aromatic heterocycles. The highest BCUT2D eigenvalue weighted by Gasteiger charge is 2.22. The van der Waals surface area contributed by atoms with E-state index >= 15 is 0 Å². The van der Waals surface area contributed by atoms with E-state index in [1.54, 1.807) is 14.2 Å². The summed E-state index contributed by atoms with van der Waals surface area (Å²) in [4.78, 5) is 2.69. The first-order valence-corrected chi connectivity index (χ1v) is 7.95. The van der Waals surface area contributed by atoms with Crippen LogP contribution >= 0.6 is 22.9 Å². The van der Waals surface area contributed by atoms with Gasteiger partial charge in [-0.05, 0) is 49.1 Å². The second kappa shape index (κ2) is 5.66. The van der Waals surface area contributed by atoms with Crippen LogP contribution in [0.3, 0.4) is 0 Å². The lowest BCUT2D eigenvalue weighted by Crippen LogP contribution is -1.97. The topological polar surface area (TPSA) is 18.5 Å². The third-order valence-electron chi connectivity index (χ3n) is 3.73. The molecule has 0 saturated carbocycles. The van der Waals surface area contributed by atoms with Crippen LogP contribution in [0.4, 0.5) is 0 Å². The van der Waals surface area contributed by atoms with Gasteiger partial charge in [0.25, 0.3) is 0 Å². The Morgan fingerprint density at radius 1 is 1.15 bits per heavy atom. The molecular formula is C16H17ClO2S. The number of hydrogen-bond acceptors (Lipinski definition) is 3. The predicted octanol–water partition coefficient (Wildman–Crippen LogP) is 4.58. The summed E-state index contributed by atoms with van der Waals surface area (Å²) in [5.41, 5.74) is 2.44. The van der Waals surface area contributed by atoms with Crippen LogP contribution in [0.25, 0.3) is 0 Å². The van der Waals surface area contributed by atoms with Crippen molar-refractivity contribution in [3.63, 3.8) is 0 Å². The molecule has 1 aliphatic rings. The summed E-state index contributed by atoms with van der Waals surface area (Å²) < 4.78 is 10.7. The molecule has 0 bridgehead atoms. The Morgan fingerprint density at radius 2 is 2.00 bits per heavy atom. The number of alkyl halides is 1. The lowest BCUT2D eigenvalue weighted by atomic mass is 10.1. The van der Waals surface area contributed by atoms with Crippen molar-refractivity contribution in [1.82, 2.24) is 0 Å². The summed E-state index contributed by atoms with van der Waals surface area (Å²) in [6.45, 7) is 0. The fourth-order valence-electron chi connectivity index (χ4n) is 2.67. The van der Waals surface area contributed by atoms with Crippen molar-refractivity contribution in [3.8, 4) is 11.5 Å². The SMILES string of the molecule is COc1ccc(OC)c(C(Cl)c2cc3c(s2)CCC3)c1. The molecule has 3 rings (SSSR count). The highest BCUT2D eigenvalue weighted by atomic mass is 35.5. The fraction of sp³-hybridized carbons (Fsp3) is 0.375. The molecule has 1 heterocycles. The Balaban J connectivity index is 1.97. The van der Waals surface area contributed by atoms with Crippen LogP contribution < -0.4 is 9.47 Å². The Kier molecular flexibility index (Phi) is 3.90. The number of hydrogen-bond donors (Lipinski definition) is 0. The minimum Gasteiger partial charge on any atom is -0.497 e. The maximum Gasteiger partial charge on any atom is 0.124 e. The van der Waals surface area contributed by atoms with Gasteiger partial charge < -0.3 is 9.47 Å². The first-order valence-electron chi connectivity index (χ1n) is 6.70. The summed E-state index contributed by atoms with van der Waals surface area (Å²) >= 11 is 8.51. The zero-order valence-electron chi connectivity index (χ0n) is 11.6. The summed E-state index contributed by atoms with van der Waals surface area (Å²) in [7, 11) is 3.33. The van der Waals surface area contributed by atoms with E-state index in [-0.39, 0.29) is 5.38 Å². The van der Waals surface area contributed by atoms with Gasteiger partial charge >= 0.3 is 0 Å². The molecule has 0 amide bonds. The van der Waals surface area contributed by atoms with E-state index < -0.39 is 0 Å². The molecule has 0 fully saturated rings. The quantitative estimate of drug-likeness (QED) is 0.770. The van der Waals surface area contributed by atoms with Crippen molar-refractivity contribution in [2.45, 2.75) is 24.6 Å². The van der Waals surface area contributed by atoms with Crippen LogP contribution in [0.15, 0.2) is 24.3 Å². The van der Waals surface area contributed by atoms with Gasteiger partial charge in [0.1, 0.15) is 11.5 Å². The average molecular weight is 309 g/mol.